The first-order valence-electron chi connectivity index (χ1n) is 6.52. The molecule has 0 bridgehead atoms. The van der Waals surface area contributed by atoms with E-state index < -0.39 is 44.2 Å². The average molecular weight is 364 g/mol. The van der Waals surface area contributed by atoms with Crippen LogP contribution in [0.2, 0.25) is 0 Å². The smallest absolute Gasteiger partial charge is 0.376 e. The lowest BCUT2D eigenvalue weighted by Gasteiger charge is -2.22. The van der Waals surface area contributed by atoms with Gasteiger partial charge in [-0.3, -0.25) is 4.79 Å². The lowest BCUT2D eigenvalue weighted by molar-refractivity contribution is -0.145. The van der Waals surface area contributed by atoms with E-state index in [9.17, 15) is 26.4 Å². The molecule has 1 heterocycles. The standard InChI is InChI=1S/C13H11F3N2O5S/c14-13(15,16)10-5-9(2-1-8(10)6-17)24(20,21)18-12(19)11-7-22-3-4-23-11/h1-2,5,11H,3-4,7H2,(H,18,19)/t11-/m0/s1. The monoisotopic (exact) mass is 364 g/mol. The number of amides is 1. The van der Waals surface area contributed by atoms with Gasteiger partial charge in [0.05, 0.1) is 41.9 Å². The maximum atomic E-state index is 12.9. The highest BCUT2D eigenvalue weighted by atomic mass is 32.2. The van der Waals surface area contributed by atoms with Crippen molar-refractivity contribution >= 4 is 15.9 Å². The van der Waals surface area contributed by atoms with E-state index >= 15 is 0 Å². The van der Waals surface area contributed by atoms with E-state index in [-0.39, 0.29) is 19.8 Å². The fraction of sp³-hybridized carbons (Fsp3) is 0.385. The number of hydrogen-bond donors (Lipinski definition) is 1. The summed E-state index contributed by atoms with van der Waals surface area (Å²) in [6.45, 7) is 0.177. The van der Waals surface area contributed by atoms with Crippen LogP contribution in [0.4, 0.5) is 13.2 Å². The minimum Gasteiger partial charge on any atom is -0.376 e. The molecule has 0 aliphatic carbocycles. The minimum atomic E-state index is -4.92. The highest BCUT2D eigenvalue weighted by Gasteiger charge is 2.35. The van der Waals surface area contributed by atoms with E-state index in [0.717, 1.165) is 12.1 Å². The second kappa shape index (κ2) is 6.76. The van der Waals surface area contributed by atoms with Crippen LogP contribution in [0.3, 0.4) is 0 Å². The molecule has 1 amide bonds. The maximum Gasteiger partial charge on any atom is 0.417 e. The number of sulfonamides is 1. The molecular formula is C13H11F3N2O5S. The normalized spacial score (nSPS) is 18.7. The van der Waals surface area contributed by atoms with Crippen LogP contribution in [0, 0.1) is 11.3 Å². The Kier molecular flexibility index (Phi) is 5.12. The molecule has 2 rings (SSSR count). The third kappa shape index (κ3) is 4.02. The molecule has 7 nitrogen and oxygen atoms in total. The molecule has 1 fully saturated rings. The molecule has 24 heavy (non-hydrogen) atoms. The van der Waals surface area contributed by atoms with Crippen LogP contribution in [0.25, 0.3) is 0 Å². The van der Waals surface area contributed by atoms with Crippen molar-refractivity contribution in [1.29, 1.82) is 5.26 Å². The molecule has 11 heteroatoms. The number of carbonyl (C=O) groups excluding carboxylic acids is 1. The fourth-order valence-corrected chi connectivity index (χ4v) is 2.95. The van der Waals surface area contributed by atoms with Gasteiger partial charge in [0.1, 0.15) is 0 Å². The highest BCUT2D eigenvalue weighted by molar-refractivity contribution is 7.90. The van der Waals surface area contributed by atoms with Crippen molar-refractivity contribution < 1.29 is 35.9 Å². The van der Waals surface area contributed by atoms with Gasteiger partial charge in [-0.05, 0) is 18.2 Å². The van der Waals surface area contributed by atoms with Gasteiger partial charge in [-0.15, -0.1) is 0 Å². The minimum absolute atomic E-state index is 0.0905. The molecule has 1 aromatic rings. The van der Waals surface area contributed by atoms with Gasteiger partial charge >= 0.3 is 6.18 Å². The number of ether oxygens (including phenoxy) is 2. The molecule has 1 saturated heterocycles. The van der Waals surface area contributed by atoms with Gasteiger partial charge in [0.15, 0.2) is 6.10 Å². The maximum absolute atomic E-state index is 12.9. The Morgan fingerprint density at radius 3 is 2.58 bits per heavy atom. The molecular weight excluding hydrogens is 353 g/mol. The predicted molar refractivity (Wildman–Crippen MR) is 72.0 cm³/mol. The molecule has 1 aromatic carbocycles. The van der Waals surface area contributed by atoms with Gasteiger partial charge in [-0.25, -0.2) is 13.1 Å². The molecule has 0 saturated carbocycles. The summed E-state index contributed by atoms with van der Waals surface area (Å²) in [6.07, 6.45) is -6.09. The summed E-state index contributed by atoms with van der Waals surface area (Å²) in [5.74, 6) is -1.05. The number of rotatable bonds is 3. The number of benzene rings is 1. The number of halogens is 3. The average Bonchev–Trinajstić information content (AvgIpc) is 2.53. The van der Waals surface area contributed by atoms with E-state index in [0.29, 0.717) is 6.07 Å². The third-order valence-corrected chi connectivity index (χ3v) is 4.41. The zero-order valence-corrected chi connectivity index (χ0v) is 12.8. The van der Waals surface area contributed by atoms with Crippen molar-refractivity contribution in [2.24, 2.45) is 0 Å². The third-order valence-electron chi connectivity index (χ3n) is 3.07. The van der Waals surface area contributed by atoms with Gasteiger partial charge in [0.25, 0.3) is 15.9 Å². The lowest BCUT2D eigenvalue weighted by Crippen LogP contribution is -2.45. The zero-order valence-electron chi connectivity index (χ0n) is 12.0. The second-order valence-electron chi connectivity index (χ2n) is 4.72. The van der Waals surface area contributed by atoms with Crippen molar-refractivity contribution in [2.75, 3.05) is 19.8 Å². The van der Waals surface area contributed by atoms with Crippen LogP contribution in [0.1, 0.15) is 11.1 Å². The molecule has 1 aliphatic heterocycles. The Bertz CT molecular complexity index is 780. The van der Waals surface area contributed by atoms with Crippen LogP contribution in [-0.2, 0) is 30.5 Å². The summed E-state index contributed by atoms with van der Waals surface area (Å²) in [6, 6.07) is 3.16. The number of alkyl halides is 3. The van der Waals surface area contributed by atoms with Crippen molar-refractivity contribution in [1.82, 2.24) is 4.72 Å². The molecule has 130 valence electrons. The molecule has 1 atom stereocenters. The number of hydrogen-bond acceptors (Lipinski definition) is 6. The Hall–Kier alpha value is -2.16. The largest absolute Gasteiger partial charge is 0.417 e. The lowest BCUT2D eigenvalue weighted by atomic mass is 10.1. The topological polar surface area (TPSA) is 105 Å². The Morgan fingerprint density at radius 1 is 1.33 bits per heavy atom. The molecule has 0 aromatic heterocycles. The Labute approximate surface area is 135 Å². The summed E-state index contributed by atoms with van der Waals surface area (Å²) in [4.78, 5) is 11.0. The summed E-state index contributed by atoms with van der Waals surface area (Å²) in [5.41, 5.74) is -2.13. The van der Waals surface area contributed by atoms with Gasteiger partial charge in [0, 0.05) is 0 Å². The number of carbonyl (C=O) groups is 1. The summed E-state index contributed by atoms with van der Waals surface area (Å²) < 4.78 is 74.4. The first kappa shape index (κ1) is 18.2. The van der Waals surface area contributed by atoms with E-state index in [1.54, 1.807) is 4.72 Å². The van der Waals surface area contributed by atoms with Crippen LogP contribution in [-0.4, -0.2) is 40.2 Å². The predicted octanol–water partition coefficient (Wildman–Crippen LogP) is 0.797. The molecule has 1 N–H and O–H groups in total. The van der Waals surface area contributed by atoms with Crippen LogP contribution >= 0.6 is 0 Å². The van der Waals surface area contributed by atoms with Gasteiger partial charge in [-0.2, -0.15) is 18.4 Å². The number of nitrogens with one attached hydrogen (secondary N) is 1. The molecule has 1 aliphatic rings. The van der Waals surface area contributed by atoms with Gasteiger partial charge in [-0.1, -0.05) is 0 Å². The van der Waals surface area contributed by atoms with Crippen molar-refractivity contribution in [3.05, 3.63) is 29.3 Å². The van der Waals surface area contributed by atoms with Gasteiger partial charge in [0.2, 0.25) is 0 Å². The first-order valence-corrected chi connectivity index (χ1v) is 8.01. The summed E-state index contributed by atoms with van der Waals surface area (Å²) >= 11 is 0. The van der Waals surface area contributed by atoms with Crippen molar-refractivity contribution in [3.8, 4) is 6.07 Å². The van der Waals surface area contributed by atoms with Gasteiger partial charge < -0.3 is 9.47 Å². The molecule has 0 spiro atoms. The quantitative estimate of drug-likeness (QED) is 0.850. The zero-order chi connectivity index (χ0) is 18.0. The second-order valence-corrected chi connectivity index (χ2v) is 6.40. The van der Waals surface area contributed by atoms with Crippen LogP contribution in [0.15, 0.2) is 23.1 Å². The van der Waals surface area contributed by atoms with Crippen LogP contribution in [0.5, 0.6) is 0 Å². The Balaban J connectivity index is 2.29. The highest BCUT2D eigenvalue weighted by Crippen LogP contribution is 2.33. The van der Waals surface area contributed by atoms with E-state index in [1.807, 2.05) is 0 Å². The fourth-order valence-electron chi connectivity index (χ4n) is 1.92. The van der Waals surface area contributed by atoms with Crippen molar-refractivity contribution in [3.63, 3.8) is 0 Å². The molecule has 0 radical (unpaired) electrons. The van der Waals surface area contributed by atoms with Crippen LogP contribution < -0.4 is 4.72 Å². The summed E-state index contributed by atoms with van der Waals surface area (Å²) in [7, 11) is -4.56. The Morgan fingerprint density at radius 2 is 2.04 bits per heavy atom. The van der Waals surface area contributed by atoms with E-state index in [1.165, 1.54) is 6.07 Å². The van der Waals surface area contributed by atoms with Crippen molar-refractivity contribution in [2.45, 2.75) is 17.2 Å². The first-order chi connectivity index (χ1) is 11.1. The number of nitrogens with zero attached hydrogens (tertiary/aromatic N) is 1. The van der Waals surface area contributed by atoms with E-state index in [4.69, 9.17) is 14.7 Å². The number of nitriles is 1. The summed E-state index contributed by atoms with van der Waals surface area (Å²) in [5, 5.41) is 8.69. The molecule has 0 unspecified atom stereocenters. The van der Waals surface area contributed by atoms with E-state index in [2.05, 4.69) is 0 Å². The SMILES string of the molecule is N#Cc1ccc(S(=O)(=O)NC(=O)[C@@H]2COCCO2)cc1C(F)(F)F.